The first kappa shape index (κ1) is 11.7. The fourth-order valence-corrected chi connectivity index (χ4v) is 1.64. The third kappa shape index (κ3) is 2.15. The summed E-state index contributed by atoms with van der Waals surface area (Å²) in [6.07, 6.45) is 1.79. The zero-order valence-corrected chi connectivity index (χ0v) is 9.43. The molecule has 82 valence electrons. The predicted molar refractivity (Wildman–Crippen MR) is 55.6 cm³/mol. The van der Waals surface area contributed by atoms with Crippen LogP contribution in [0.3, 0.4) is 0 Å². The maximum absolute atomic E-state index is 14.5. The molecule has 1 aliphatic heterocycles. The third-order valence-corrected chi connectivity index (χ3v) is 2.70. The molecule has 0 bridgehead atoms. The molecule has 0 amide bonds. The molecule has 0 saturated carbocycles. The summed E-state index contributed by atoms with van der Waals surface area (Å²) in [5, 5.41) is 3.11. The maximum atomic E-state index is 14.5. The summed E-state index contributed by atoms with van der Waals surface area (Å²) in [5.74, 6) is -1.57. The fraction of sp³-hybridized carbons (Fsp3) is 0.818. The quantitative estimate of drug-likeness (QED) is 0.658. The molecular formula is C11H20FNO. The lowest BCUT2D eigenvalue weighted by Crippen LogP contribution is -2.56. The molecule has 1 N–H and O–H groups in total. The molecule has 0 radical (unpaired) electrons. The number of ether oxygens (including phenoxy) is 1. The molecule has 1 saturated heterocycles. The Morgan fingerprint density at radius 2 is 2.14 bits per heavy atom. The number of nitrogens with one attached hydrogen (secondary N) is 1. The van der Waals surface area contributed by atoms with Crippen LogP contribution in [-0.4, -0.2) is 18.1 Å². The maximum Gasteiger partial charge on any atom is 0.217 e. The number of hydrogen-bond donors (Lipinski definition) is 1. The summed E-state index contributed by atoms with van der Waals surface area (Å²) in [6.45, 7) is 11.1. The molecule has 0 aromatic rings. The molecular weight excluding hydrogens is 181 g/mol. The molecule has 0 spiro atoms. The minimum absolute atomic E-state index is 0.0111. The highest BCUT2D eigenvalue weighted by molar-refractivity contribution is 4.97. The first-order valence-corrected chi connectivity index (χ1v) is 5.04. The highest BCUT2D eigenvalue weighted by atomic mass is 19.2. The van der Waals surface area contributed by atoms with Crippen LogP contribution >= 0.6 is 0 Å². The van der Waals surface area contributed by atoms with Gasteiger partial charge in [-0.05, 0) is 6.92 Å². The summed E-state index contributed by atoms with van der Waals surface area (Å²) in [4.78, 5) is 0. The van der Waals surface area contributed by atoms with Crippen LogP contribution < -0.4 is 5.32 Å². The van der Waals surface area contributed by atoms with E-state index < -0.39 is 11.3 Å². The van der Waals surface area contributed by atoms with Crippen molar-refractivity contribution in [3.63, 3.8) is 0 Å². The van der Waals surface area contributed by atoms with Gasteiger partial charge in [0, 0.05) is 17.9 Å². The zero-order valence-electron chi connectivity index (χ0n) is 9.43. The van der Waals surface area contributed by atoms with Crippen LogP contribution in [-0.2, 0) is 4.74 Å². The topological polar surface area (TPSA) is 21.3 Å². The van der Waals surface area contributed by atoms with Crippen LogP contribution in [0.2, 0.25) is 0 Å². The lowest BCUT2D eigenvalue weighted by molar-refractivity contribution is -0.263. The van der Waals surface area contributed by atoms with Crippen molar-refractivity contribution in [3.8, 4) is 0 Å². The SMILES string of the molecule is C=CC1CC(F)(C(C)(C)C)OC(C)N1. The van der Waals surface area contributed by atoms with E-state index in [1.54, 1.807) is 6.08 Å². The molecule has 3 heteroatoms. The minimum atomic E-state index is -1.57. The van der Waals surface area contributed by atoms with Gasteiger partial charge in [0.05, 0.1) is 0 Å². The molecule has 1 heterocycles. The average Bonchev–Trinajstić information content (AvgIpc) is 2.00. The van der Waals surface area contributed by atoms with Crippen molar-refractivity contribution in [2.24, 2.45) is 5.41 Å². The van der Waals surface area contributed by atoms with Crippen molar-refractivity contribution in [1.82, 2.24) is 5.32 Å². The third-order valence-electron chi connectivity index (χ3n) is 2.70. The molecule has 1 fully saturated rings. The molecule has 0 aromatic heterocycles. The molecule has 1 rings (SSSR count). The van der Waals surface area contributed by atoms with Crippen molar-refractivity contribution >= 4 is 0 Å². The second kappa shape index (κ2) is 3.63. The summed E-state index contributed by atoms with van der Waals surface area (Å²) >= 11 is 0. The Kier molecular flexibility index (Phi) is 3.02. The van der Waals surface area contributed by atoms with Crippen molar-refractivity contribution in [2.75, 3.05) is 0 Å². The van der Waals surface area contributed by atoms with E-state index in [2.05, 4.69) is 11.9 Å². The highest BCUT2D eigenvalue weighted by Gasteiger charge is 2.48. The monoisotopic (exact) mass is 201 g/mol. The Hall–Kier alpha value is -0.410. The van der Waals surface area contributed by atoms with E-state index in [0.717, 1.165) is 0 Å². The van der Waals surface area contributed by atoms with Gasteiger partial charge in [-0.1, -0.05) is 26.8 Å². The molecule has 2 nitrogen and oxygen atoms in total. The standard InChI is InChI=1S/C11H20FNO/c1-6-9-7-11(12,10(3,4)5)14-8(2)13-9/h6,8-9,13H,1,7H2,2-5H3. The summed E-state index contributed by atoms with van der Waals surface area (Å²) < 4.78 is 19.8. The van der Waals surface area contributed by atoms with E-state index in [1.165, 1.54) is 0 Å². The van der Waals surface area contributed by atoms with Crippen molar-refractivity contribution < 1.29 is 9.13 Å². The first-order chi connectivity index (χ1) is 6.28. The van der Waals surface area contributed by atoms with Gasteiger partial charge in [-0.3, -0.25) is 5.32 Å². The van der Waals surface area contributed by atoms with Gasteiger partial charge in [0.25, 0.3) is 0 Å². The molecule has 3 atom stereocenters. The molecule has 1 aliphatic rings. The number of halogens is 1. The predicted octanol–water partition coefficient (Wildman–Crippen LogP) is 2.61. The average molecular weight is 201 g/mol. The highest BCUT2D eigenvalue weighted by Crippen LogP contribution is 2.41. The van der Waals surface area contributed by atoms with Gasteiger partial charge in [-0.2, -0.15) is 0 Å². The Bertz CT molecular complexity index is 224. The fourth-order valence-electron chi connectivity index (χ4n) is 1.64. The van der Waals surface area contributed by atoms with Crippen molar-refractivity contribution in [3.05, 3.63) is 12.7 Å². The summed E-state index contributed by atoms with van der Waals surface area (Å²) in [7, 11) is 0. The Balaban J connectivity index is 2.83. The zero-order chi connectivity index (χ0) is 11.0. The molecule has 3 unspecified atom stereocenters. The van der Waals surface area contributed by atoms with E-state index in [1.807, 2.05) is 27.7 Å². The van der Waals surface area contributed by atoms with Crippen molar-refractivity contribution in [1.29, 1.82) is 0 Å². The van der Waals surface area contributed by atoms with Gasteiger partial charge >= 0.3 is 0 Å². The van der Waals surface area contributed by atoms with Crippen LogP contribution in [0.1, 0.15) is 34.1 Å². The minimum Gasteiger partial charge on any atom is -0.327 e. The Morgan fingerprint density at radius 1 is 1.57 bits per heavy atom. The normalized spacial score (nSPS) is 39.5. The lowest BCUT2D eigenvalue weighted by Gasteiger charge is -2.45. The number of alkyl halides is 1. The summed E-state index contributed by atoms with van der Waals surface area (Å²) in [6, 6.07) is -0.0111. The van der Waals surface area contributed by atoms with Gasteiger partial charge in [0.2, 0.25) is 5.85 Å². The van der Waals surface area contributed by atoms with E-state index in [4.69, 9.17) is 4.74 Å². The van der Waals surface area contributed by atoms with E-state index >= 15 is 0 Å². The largest absolute Gasteiger partial charge is 0.327 e. The van der Waals surface area contributed by atoms with Gasteiger partial charge < -0.3 is 4.74 Å². The van der Waals surface area contributed by atoms with Crippen LogP contribution in [0.5, 0.6) is 0 Å². The van der Waals surface area contributed by atoms with E-state index in [0.29, 0.717) is 6.42 Å². The smallest absolute Gasteiger partial charge is 0.217 e. The number of hydrogen-bond acceptors (Lipinski definition) is 2. The van der Waals surface area contributed by atoms with Crippen LogP contribution in [0.15, 0.2) is 12.7 Å². The Morgan fingerprint density at radius 3 is 2.57 bits per heavy atom. The van der Waals surface area contributed by atoms with Crippen molar-refractivity contribution in [2.45, 2.75) is 52.2 Å². The Labute approximate surface area is 85.5 Å². The van der Waals surface area contributed by atoms with Gasteiger partial charge in [0.1, 0.15) is 6.23 Å². The van der Waals surface area contributed by atoms with E-state index in [-0.39, 0.29) is 12.3 Å². The van der Waals surface area contributed by atoms with Crippen LogP contribution in [0.25, 0.3) is 0 Å². The molecule has 14 heavy (non-hydrogen) atoms. The van der Waals surface area contributed by atoms with Crippen LogP contribution in [0, 0.1) is 5.41 Å². The second-order valence-electron chi connectivity index (χ2n) is 4.95. The lowest BCUT2D eigenvalue weighted by atomic mass is 9.82. The molecule has 0 aliphatic carbocycles. The second-order valence-corrected chi connectivity index (χ2v) is 4.95. The number of rotatable bonds is 1. The van der Waals surface area contributed by atoms with E-state index in [9.17, 15) is 4.39 Å². The molecule has 0 aromatic carbocycles. The van der Waals surface area contributed by atoms with Gasteiger partial charge in [0.15, 0.2) is 0 Å². The van der Waals surface area contributed by atoms with Gasteiger partial charge in [-0.25, -0.2) is 4.39 Å². The first-order valence-electron chi connectivity index (χ1n) is 5.04. The summed E-state index contributed by atoms with van der Waals surface area (Å²) in [5.41, 5.74) is -0.509. The van der Waals surface area contributed by atoms with Gasteiger partial charge in [-0.15, -0.1) is 6.58 Å². The van der Waals surface area contributed by atoms with Crippen LogP contribution in [0.4, 0.5) is 4.39 Å².